The average Bonchev–Trinajstić information content (AvgIpc) is 2.35. The first-order valence-electron chi connectivity index (χ1n) is 6.41. The second-order valence-corrected chi connectivity index (χ2v) is 6.00. The van der Waals surface area contributed by atoms with Gasteiger partial charge in [0.05, 0.1) is 16.1 Å². The fourth-order valence-electron chi connectivity index (χ4n) is 1.75. The lowest BCUT2D eigenvalue weighted by Crippen LogP contribution is -2.46. The van der Waals surface area contributed by atoms with E-state index < -0.39 is 33.7 Å². The number of nitro benzene ring substituents is 1. The van der Waals surface area contributed by atoms with Gasteiger partial charge < -0.3 is 15.6 Å². The van der Waals surface area contributed by atoms with Gasteiger partial charge in [0.1, 0.15) is 11.1 Å². The van der Waals surface area contributed by atoms with Gasteiger partial charge in [-0.05, 0) is 39.8 Å². The van der Waals surface area contributed by atoms with E-state index in [0.717, 1.165) is 18.2 Å². The molecule has 0 saturated heterocycles. The molecule has 0 aliphatic carbocycles. The van der Waals surface area contributed by atoms with Crippen LogP contribution in [0.15, 0.2) is 18.2 Å². The van der Waals surface area contributed by atoms with E-state index in [1.807, 2.05) is 0 Å². The van der Waals surface area contributed by atoms with Crippen molar-refractivity contribution in [2.75, 3.05) is 0 Å². The molecule has 0 amide bonds. The van der Waals surface area contributed by atoms with Crippen molar-refractivity contribution >= 4 is 17.6 Å². The van der Waals surface area contributed by atoms with Crippen molar-refractivity contribution in [2.45, 2.75) is 38.8 Å². The van der Waals surface area contributed by atoms with Crippen LogP contribution in [0.5, 0.6) is 0 Å². The molecule has 0 aromatic heterocycles. The Labute approximate surface area is 127 Å². The van der Waals surface area contributed by atoms with Crippen molar-refractivity contribution in [3.8, 4) is 0 Å². The number of carbonyl (C=O) groups excluding carboxylic acids is 1. The molecule has 0 fully saturated rings. The van der Waals surface area contributed by atoms with Gasteiger partial charge in [0.2, 0.25) is 0 Å². The second-order valence-electron chi connectivity index (χ2n) is 6.00. The van der Waals surface area contributed by atoms with E-state index in [1.54, 1.807) is 20.8 Å². The summed E-state index contributed by atoms with van der Waals surface area (Å²) in [6, 6.07) is 3.18. The van der Waals surface area contributed by atoms with E-state index >= 15 is 0 Å². The highest BCUT2D eigenvalue weighted by Crippen LogP contribution is 2.31. The lowest BCUT2D eigenvalue weighted by molar-refractivity contribution is -0.386. The molecular weight excluding hydrogens is 292 g/mol. The maximum atomic E-state index is 12.2. The van der Waals surface area contributed by atoms with Crippen LogP contribution in [0.2, 0.25) is 0 Å². The molecular formula is C14H18N2O6. The minimum absolute atomic E-state index is 0.114. The van der Waals surface area contributed by atoms with Gasteiger partial charge in [0.15, 0.2) is 0 Å². The molecule has 1 aromatic rings. The molecule has 0 aliphatic heterocycles. The first-order chi connectivity index (χ1) is 9.86. The Bertz CT molecular complexity index is 631. The van der Waals surface area contributed by atoms with Gasteiger partial charge in [-0.2, -0.15) is 0 Å². The third-order valence-corrected chi connectivity index (χ3v) is 2.82. The Morgan fingerprint density at radius 2 is 1.82 bits per heavy atom. The number of ether oxygens (including phenoxy) is 1. The smallest absolute Gasteiger partial charge is 0.335 e. The Hall–Kier alpha value is -2.48. The minimum atomic E-state index is -1.79. The predicted octanol–water partition coefficient (Wildman–Crippen LogP) is 1.81. The van der Waals surface area contributed by atoms with Gasteiger partial charge in [0, 0.05) is 6.07 Å². The standard InChI is InChI=1S/C14H18N2O6/c1-13(2,3)22-12(19)14(4,15)9-6-5-8(11(17)18)7-10(9)16(20)21/h5-7H,15H2,1-4H3,(H,17,18). The number of nitrogens with two attached hydrogens (primary N) is 1. The number of aromatic carboxylic acids is 1. The molecule has 3 N–H and O–H groups in total. The monoisotopic (exact) mass is 310 g/mol. The lowest BCUT2D eigenvalue weighted by atomic mass is 9.90. The van der Waals surface area contributed by atoms with E-state index in [4.69, 9.17) is 15.6 Å². The third kappa shape index (κ3) is 3.79. The van der Waals surface area contributed by atoms with Crippen LogP contribution in [0.3, 0.4) is 0 Å². The number of carboxylic acid groups (broad SMARTS) is 1. The van der Waals surface area contributed by atoms with Gasteiger partial charge in [-0.25, -0.2) is 9.59 Å². The van der Waals surface area contributed by atoms with Crippen molar-refractivity contribution in [1.82, 2.24) is 0 Å². The molecule has 0 heterocycles. The minimum Gasteiger partial charge on any atom is -0.478 e. The molecule has 22 heavy (non-hydrogen) atoms. The highest BCUT2D eigenvalue weighted by atomic mass is 16.6. The zero-order chi connectivity index (χ0) is 17.3. The number of rotatable bonds is 4. The molecule has 120 valence electrons. The molecule has 0 aliphatic rings. The van der Waals surface area contributed by atoms with E-state index in [-0.39, 0.29) is 11.1 Å². The van der Waals surface area contributed by atoms with E-state index in [1.165, 1.54) is 6.92 Å². The van der Waals surface area contributed by atoms with Crippen molar-refractivity contribution in [3.63, 3.8) is 0 Å². The highest BCUT2D eigenvalue weighted by Gasteiger charge is 2.40. The molecule has 1 atom stereocenters. The fraction of sp³-hybridized carbons (Fsp3) is 0.429. The summed E-state index contributed by atoms with van der Waals surface area (Å²) in [7, 11) is 0. The SMILES string of the molecule is CC(C)(C)OC(=O)C(C)(N)c1ccc(C(=O)O)cc1[N+](=O)[O-]. The summed E-state index contributed by atoms with van der Waals surface area (Å²) < 4.78 is 5.17. The second kappa shape index (κ2) is 5.72. The maximum Gasteiger partial charge on any atom is 0.335 e. The number of nitrogens with zero attached hydrogens (tertiary/aromatic N) is 1. The number of hydrogen-bond donors (Lipinski definition) is 2. The van der Waals surface area contributed by atoms with Gasteiger partial charge in [-0.3, -0.25) is 10.1 Å². The van der Waals surface area contributed by atoms with Crippen LogP contribution in [-0.2, 0) is 15.1 Å². The maximum absolute atomic E-state index is 12.2. The fourth-order valence-corrected chi connectivity index (χ4v) is 1.75. The zero-order valence-electron chi connectivity index (χ0n) is 12.7. The summed E-state index contributed by atoms with van der Waals surface area (Å²) in [5.41, 5.74) is 2.40. The summed E-state index contributed by atoms with van der Waals surface area (Å²) in [5.74, 6) is -2.16. The molecule has 0 radical (unpaired) electrons. The Morgan fingerprint density at radius 3 is 2.23 bits per heavy atom. The predicted molar refractivity (Wildman–Crippen MR) is 77.4 cm³/mol. The number of hydrogen-bond acceptors (Lipinski definition) is 6. The normalized spacial score (nSPS) is 14.0. The third-order valence-electron chi connectivity index (χ3n) is 2.82. The Morgan fingerprint density at radius 1 is 1.27 bits per heavy atom. The summed E-state index contributed by atoms with van der Waals surface area (Å²) >= 11 is 0. The van der Waals surface area contributed by atoms with Gasteiger partial charge in [-0.1, -0.05) is 0 Å². The van der Waals surface area contributed by atoms with Crippen LogP contribution < -0.4 is 5.73 Å². The number of carboxylic acids is 1. The van der Waals surface area contributed by atoms with E-state index in [9.17, 15) is 19.7 Å². The van der Waals surface area contributed by atoms with Crippen LogP contribution in [0.4, 0.5) is 5.69 Å². The van der Waals surface area contributed by atoms with E-state index in [0.29, 0.717) is 0 Å². The molecule has 8 heteroatoms. The number of nitro groups is 1. The number of benzene rings is 1. The molecule has 1 aromatic carbocycles. The molecule has 1 unspecified atom stereocenters. The van der Waals surface area contributed by atoms with E-state index in [2.05, 4.69) is 0 Å². The number of esters is 1. The van der Waals surface area contributed by atoms with Crippen molar-refractivity contribution in [3.05, 3.63) is 39.4 Å². The topological polar surface area (TPSA) is 133 Å². The highest BCUT2D eigenvalue weighted by molar-refractivity contribution is 5.90. The number of carbonyl (C=O) groups is 2. The molecule has 1 rings (SSSR count). The van der Waals surface area contributed by atoms with Gasteiger partial charge in [-0.15, -0.1) is 0 Å². The van der Waals surface area contributed by atoms with Crippen LogP contribution in [-0.4, -0.2) is 27.6 Å². The molecule has 8 nitrogen and oxygen atoms in total. The van der Waals surface area contributed by atoms with Crippen LogP contribution in [0.1, 0.15) is 43.6 Å². The molecule has 0 saturated carbocycles. The largest absolute Gasteiger partial charge is 0.478 e. The summed E-state index contributed by atoms with van der Waals surface area (Å²) in [6.07, 6.45) is 0. The first kappa shape index (κ1) is 17.6. The van der Waals surface area contributed by atoms with Crippen LogP contribution in [0.25, 0.3) is 0 Å². The first-order valence-corrected chi connectivity index (χ1v) is 6.41. The molecule has 0 bridgehead atoms. The summed E-state index contributed by atoms with van der Waals surface area (Å²) in [6.45, 7) is 6.21. The van der Waals surface area contributed by atoms with Crippen molar-refractivity contribution in [2.24, 2.45) is 5.73 Å². The molecule has 0 spiro atoms. The van der Waals surface area contributed by atoms with Crippen molar-refractivity contribution in [1.29, 1.82) is 0 Å². The average molecular weight is 310 g/mol. The summed E-state index contributed by atoms with van der Waals surface area (Å²) in [4.78, 5) is 33.5. The zero-order valence-corrected chi connectivity index (χ0v) is 12.7. The summed E-state index contributed by atoms with van der Waals surface area (Å²) in [5, 5.41) is 20.1. The van der Waals surface area contributed by atoms with Crippen molar-refractivity contribution < 1.29 is 24.4 Å². The quantitative estimate of drug-likeness (QED) is 0.492. The Kier molecular flexibility index (Phi) is 4.57. The van der Waals surface area contributed by atoms with Crippen LogP contribution in [0, 0.1) is 10.1 Å². The Balaban J connectivity index is 3.38. The lowest BCUT2D eigenvalue weighted by Gasteiger charge is -2.28. The van der Waals surface area contributed by atoms with Gasteiger partial charge >= 0.3 is 11.9 Å². The van der Waals surface area contributed by atoms with Gasteiger partial charge in [0.25, 0.3) is 5.69 Å². The van der Waals surface area contributed by atoms with Crippen LogP contribution >= 0.6 is 0 Å².